The van der Waals surface area contributed by atoms with Crippen molar-refractivity contribution in [2.24, 2.45) is 0 Å². The first kappa shape index (κ1) is 9.68. The average Bonchev–Trinajstić information content (AvgIpc) is 2.56. The van der Waals surface area contributed by atoms with E-state index in [1.54, 1.807) is 6.07 Å². The first-order valence-electron chi connectivity index (χ1n) is 3.92. The van der Waals surface area contributed by atoms with Gasteiger partial charge in [-0.15, -0.1) is 10.2 Å². The molecule has 0 radical (unpaired) electrons. The van der Waals surface area contributed by atoms with Crippen molar-refractivity contribution in [1.82, 2.24) is 10.2 Å². The lowest BCUT2D eigenvalue weighted by atomic mass is 10.1. The molecule has 0 unspecified atom stereocenters. The lowest BCUT2D eigenvalue weighted by molar-refractivity contribution is 0.540. The van der Waals surface area contributed by atoms with Gasteiger partial charge < -0.3 is 4.42 Å². The van der Waals surface area contributed by atoms with E-state index < -0.39 is 0 Å². The summed E-state index contributed by atoms with van der Waals surface area (Å²) in [5, 5.41) is 8.24. The first-order chi connectivity index (χ1) is 6.66. The fourth-order valence-electron chi connectivity index (χ4n) is 1.14. The molecule has 1 aromatic carbocycles. The fourth-order valence-corrected chi connectivity index (χ4v) is 1.54. The Kier molecular flexibility index (Phi) is 2.56. The highest BCUT2D eigenvalue weighted by Gasteiger charge is 2.09. The molecule has 0 N–H and O–H groups in total. The van der Waals surface area contributed by atoms with E-state index in [1.807, 2.05) is 19.1 Å². The van der Waals surface area contributed by atoms with E-state index in [-0.39, 0.29) is 0 Å². The molecule has 0 atom stereocenters. The van der Waals surface area contributed by atoms with Gasteiger partial charge in [-0.3, -0.25) is 0 Å². The molecule has 0 aliphatic carbocycles. The van der Waals surface area contributed by atoms with Crippen molar-refractivity contribution in [3.63, 3.8) is 0 Å². The van der Waals surface area contributed by atoms with Gasteiger partial charge in [0, 0.05) is 26.5 Å². The van der Waals surface area contributed by atoms with Crippen LogP contribution in [0.2, 0.25) is 5.02 Å². The van der Waals surface area contributed by atoms with Crippen molar-refractivity contribution in [2.45, 2.75) is 6.92 Å². The molecule has 0 saturated carbocycles. The zero-order chi connectivity index (χ0) is 10.1. The van der Waals surface area contributed by atoms with Crippen LogP contribution < -0.4 is 0 Å². The highest BCUT2D eigenvalue weighted by molar-refractivity contribution is 9.10. The number of rotatable bonds is 1. The van der Waals surface area contributed by atoms with Gasteiger partial charge in [0.25, 0.3) is 4.80 Å². The quantitative estimate of drug-likeness (QED) is 0.798. The van der Waals surface area contributed by atoms with E-state index in [0.717, 1.165) is 11.1 Å². The molecule has 2 aromatic rings. The molecule has 0 amide bonds. The summed E-state index contributed by atoms with van der Waals surface area (Å²) in [4.78, 5) is 0.367. The molecule has 5 heteroatoms. The summed E-state index contributed by atoms with van der Waals surface area (Å²) >= 11 is 8.97. The maximum Gasteiger partial charge on any atom is 0.285 e. The Labute approximate surface area is 94.2 Å². The Balaban J connectivity index is 2.55. The summed E-state index contributed by atoms with van der Waals surface area (Å²) < 4.78 is 5.24. The Morgan fingerprint density at radius 1 is 1.36 bits per heavy atom. The zero-order valence-electron chi connectivity index (χ0n) is 7.29. The van der Waals surface area contributed by atoms with Crippen LogP contribution in [-0.2, 0) is 0 Å². The Hall–Kier alpha value is -0.870. The predicted molar refractivity (Wildman–Crippen MR) is 57.2 cm³/mol. The molecular formula is C9H6BrClN2O. The maximum absolute atomic E-state index is 5.87. The summed E-state index contributed by atoms with van der Waals surface area (Å²) in [6.07, 6.45) is 0. The zero-order valence-corrected chi connectivity index (χ0v) is 9.63. The standard InChI is InChI=1S/C9H6BrClN2O/c1-5-2-3-6(11)4-7(5)8-12-13-9(10)14-8/h2-4H,1H3. The molecule has 0 fully saturated rings. The summed E-state index contributed by atoms with van der Waals surface area (Å²) in [6, 6.07) is 5.54. The second-order valence-electron chi connectivity index (χ2n) is 2.82. The number of aryl methyl sites for hydroxylation is 1. The molecule has 0 saturated heterocycles. The van der Waals surface area contributed by atoms with Gasteiger partial charge in [0.15, 0.2) is 0 Å². The van der Waals surface area contributed by atoms with Crippen molar-refractivity contribution in [1.29, 1.82) is 0 Å². The minimum Gasteiger partial charge on any atom is -0.411 e. The number of nitrogens with zero attached hydrogens (tertiary/aromatic N) is 2. The fraction of sp³-hybridized carbons (Fsp3) is 0.111. The van der Waals surface area contributed by atoms with Gasteiger partial charge in [0.2, 0.25) is 5.89 Å². The topological polar surface area (TPSA) is 38.9 Å². The third-order valence-corrected chi connectivity index (χ3v) is 2.39. The third kappa shape index (κ3) is 1.81. The van der Waals surface area contributed by atoms with Gasteiger partial charge in [-0.1, -0.05) is 17.7 Å². The summed E-state index contributed by atoms with van der Waals surface area (Å²) in [5.74, 6) is 0.469. The van der Waals surface area contributed by atoms with E-state index in [9.17, 15) is 0 Å². The molecule has 0 aliphatic rings. The number of hydrogen-bond donors (Lipinski definition) is 0. The maximum atomic E-state index is 5.87. The van der Waals surface area contributed by atoms with Crippen LogP contribution >= 0.6 is 27.5 Å². The third-order valence-electron chi connectivity index (χ3n) is 1.83. The van der Waals surface area contributed by atoms with Crippen molar-refractivity contribution in [2.75, 3.05) is 0 Å². The summed E-state index contributed by atoms with van der Waals surface area (Å²) in [5.41, 5.74) is 1.90. The van der Waals surface area contributed by atoms with Gasteiger partial charge in [0.05, 0.1) is 0 Å². The normalized spacial score (nSPS) is 10.5. The van der Waals surface area contributed by atoms with Crippen molar-refractivity contribution < 1.29 is 4.42 Å². The largest absolute Gasteiger partial charge is 0.411 e. The smallest absolute Gasteiger partial charge is 0.285 e. The number of halogens is 2. The average molecular weight is 274 g/mol. The van der Waals surface area contributed by atoms with Crippen LogP contribution in [0.15, 0.2) is 27.4 Å². The van der Waals surface area contributed by atoms with Crippen molar-refractivity contribution in [3.05, 3.63) is 33.6 Å². The highest BCUT2D eigenvalue weighted by atomic mass is 79.9. The van der Waals surface area contributed by atoms with Gasteiger partial charge in [-0.05, 0) is 24.6 Å². The van der Waals surface area contributed by atoms with Gasteiger partial charge >= 0.3 is 0 Å². The van der Waals surface area contributed by atoms with E-state index in [1.165, 1.54) is 0 Å². The minimum absolute atomic E-state index is 0.367. The second kappa shape index (κ2) is 3.71. The summed E-state index contributed by atoms with van der Waals surface area (Å²) in [7, 11) is 0. The van der Waals surface area contributed by atoms with Crippen LogP contribution in [0, 0.1) is 6.92 Å². The van der Waals surface area contributed by atoms with Gasteiger partial charge in [-0.2, -0.15) is 0 Å². The first-order valence-corrected chi connectivity index (χ1v) is 5.09. The van der Waals surface area contributed by atoms with Crippen LogP contribution in [0.25, 0.3) is 11.5 Å². The van der Waals surface area contributed by atoms with E-state index in [4.69, 9.17) is 16.0 Å². The Morgan fingerprint density at radius 2 is 2.14 bits per heavy atom. The molecule has 1 aromatic heterocycles. The number of aromatic nitrogens is 2. The number of benzene rings is 1. The molecule has 14 heavy (non-hydrogen) atoms. The van der Waals surface area contributed by atoms with Gasteiger partial charge in [0.1, 0.15) is 0 Å². The van der Waals surface area contributed by atoms with Crippen LogP contribution in [-0.4, -0.2) is 10.2 Å². The molecule has 1 heterocycles. The van der Waals surface area contributed by atoms with Crippen molar-refractivity contribution >= 4 is 27.5 Å². The molecule has 3 nitrogen and oxygen atoms in total. The Bertz CT molecular complexity index is 470. The van der Waals surface area contributed by atoms with E-state index in [2.05, 4.69) is 26.1 Å². The van der Waals surface area contributed by atoms with Crippen LogP contribution in [0.1, 0.15) is 5.56 Å². The Morgan fingerprint density at radius 3 is 2.79 bits per heavy atom. The van der Waals surface area contributed by atoms with E-state index in [0.29, 0.717) is 15.7 Å². The van der Waals surface area contributed by atoms with Crippen LogP contribution in [0.5, 0.6) is 0 Å². The van der Waals surface area contributed by atoms with Crippen molar-refractivity contribution in [3.8, 4) is 11.5 Å². The SMILES string of the molecule is Cc1ccc(Cl)cc1-c1nnc(Br)o1. The lowest BCUT2D eigenvalue weighted by Gasteiger charge is -2.00. The molecule has 2 rings (SSSR count). The summed E-state index contributed by atoms with van der Waals surface area (Å²) in [6.45, 7) is 1.96. The predicted octanol–water partition coefficient (Wildman–Crippen LogP) is 3.46. The molecule has 0 spiro atoms. The van der Waals surface area contributed by atoms with Crippen LogP contribution in [0.4, 0.5) is 0 Å². The minimum atomic E-state index is 0.367. The van der Waals surface area contributed by atoms with E-state index >= 15 is 0 Å². The molecule has 72 valence electrons. The second-order valence-corrected chi connectivity index (χ2v) is 3.93. The monoisotopic (exact) mass is 272 g/mol. The number of hydrogen-bond acceptors (Lipinski definition) is 3. The molecule has 0 aliphatic heterocycles. The molecule has 0 bridgehead atoms. The lowest BCUT2D eigenvalue weighted by Crippen LogP contribution is -1.83. The van der Waals surface area contributed by atoms with Gasteiger partial charge in [-0.25, -0.2) is 0 Å². The molecular weight excluding hydrogens is 267 g/mol. The van der Waals surface area contributed by atoms with Crippen LogP contribution in [0.3, 0.4) is 0 Å². The highest BCUT2D eigenvalue weighted by Crippen LogP contribution is 2.26.